The summed E-state index contributed by atoms with van der Waals surface area (Å²) in [7, 11) is 0. The van der Waals surface area contributed by atoms with E-state index in [0.29, 0.717) is 0 Å². The molecule has 0 rings (SSSR count). The van der Waals surface area contributed by atoms with Gasteiger partial charge in [0.15, 0.2) is 5.97 Å². The van der Waals surface area contributed by atoms with Crippen molar-refractivity contribution in [2.45, 2.75) is 19.0 Å². The summed E-state index contributed by atoms with van der Waals surface area (Å²) in [5.74, 6) is -3.71. The molecule has 0 aromatic heterocycles. The van der Waals surface area contributed by atoms with E-state index in [1.165, 1.54) is 0 Å². The van der Waals surface area contributed by atoms with E-state index in [0.717, 1.165) is 0 Å². The Kier molecular flexibility index (Phi) is 4.22. The van der Waals surface area contributed by atoms with Gasteiger partial charge in [0.25, 0.3) is 0 Å². The summed E-state index contributed by atoms with van der Waals surface area (Å²) < 4.78 is 38.3. The number of hydrogen-bond donors (Lipinski definition) is 0. The Labute approximate surface area is 71.3 Å². The van der Waals surface area contributed by atoms with E-state index in [1.807, 2.05) is 0 Å². The van der Waals surface area contributed by atoms with Gasteiger partial charge in [-0.15, -0.1) is 0 Å². The molecule has 0 radical (unpaired) electrons. The van der Waals surface area contributed by atoms with Crippen LogP contribution in [0.1, 0.15) is 12.8 Å². The van der Waals surface area contributed by atoms with Crippen LogP contribution in [0.5, 0.6) is 0 Å². The Hall–Kier alpha value is -1.27. The second-order valence-corrected chi connectivity index (χ2v) is 2.14. The molecule has 13 heavy (non-hydrogen) atoms. The van der Waals surface area contributed by atoms with Crippen molar-refractivity contribution >= 4 is 11.9 Å². The average molecular weight is 199 g/mol. The highest BCUT2D eigenvalue weighted by Gasteiger charge is 2.26. The smallest absolute Gasteiger partial charge is 0.389 e. The van der Waals surface area contributed by atoms with Crippen LogP contribution in [0.15, 0.2) is 0 Å². The van der Waals surface area contributed by atoms with Crippen molar-refractivity contribution in [3.63, 3.8) is 0 Å². The van der Waals surface area contributed by atoms with Gasteiger partial charge in [0.05, 0.1) is 6.61 Å². The molecule has 76 valence electrons. The number of carboxylic acids is 1. The summed E-state index contributed by atoms with van der Waals surface area (Å²) in [6.07, 6.45) is -5.90. The minimum Gasteiger partial charge on any atom is -0.539 e. The maximum Gasteiger partial charge on any atom is 0.389 e. The van der Waals surface area contributed by atoms with E-state index >= 15 is 0 Å². The number of hydrogen-bond acceptors (Lipinski definition) is 4. The van der Waals surface area contributed by atoms with E-state index in [9.17, 15) is 27.9 Å². The van der Waals surface area contributed by atoms with Gasteiger partial charge in [0.2, 0.25) is 0 Å². The summed E-state index contributed by atoms with van der Waals surface area (Å²) in [6, 6.07) is 0. The van der Waals surface area contributed by atoms with Gasteiger partial charge in [-0.1, -0.05) is 0 Å². The van der Waals surface area contributed by atoms with Crippen LogP contribution in [0.2, 0.25) is 0 Å². The molecule has 7 heteroatoms. The molecule has 0 aliphatic heterocycles. The van der Waals surface area contributed by atoms with E-state index < -0.39 is 37.6 Å². The number of ether oxygens (including phenoxy) is 1. The Morgan fingerprint density at radius 1 is 1.31 bits per heavy atom. The first-order valence-electron chi connectivity index (χ1n) is 3.28. The van der Waals surface area contributed by atoms with Crippen LogP contribution in [0, 0.1) is 0 Å². The monoisotopic (exact) mass is 199 g/mol. The summed E-state index contributed by atoms with van der Waals surface area (Å²) in [6.45, 7) is -0.577. The zero-order chi connectivity index (χ0) is 10.5. The van der Waals surface area contributed by atoms with E-state index in [4.69, 9.17) is 0 Å². The number of rotatable bonds is 3. The van der Waals surface area contributed by atoms with Gasteiger partial charge >= 0.3 is 12.1 Å². The third-order valence-electron chi connectivity index (χ3n) is 1.00. The molecule has 0 saturated heterocycles. The molecule has 4 nitrogen and oxygen atoms in total. The molecule has 0 atom stereocenters. The molecule has 0 aliphatic carbocycles. The molecule has 0 aromatic rings. The van der Waals surface area contributed by atoms with Gasteiger partial charge in [-0.05, 0) is 6.42 Å². The molecule has 0 aromatic carbocycles. The van der Waals surface area contributed by atoms with Gasteiger partial charge in [-0.3, -0.25) is 0 Å². The first-order valence-corrected chi connectivity index (χ1v) is 3.28. The minimum absolute atomic E-state index is 0.456. The van der Waals surface area contributed by atoms with Gasteiger partial charge < -0.3 is 14.6 Å². The summed E-state index contributed by atoms with van der Waals surface area (Å²) in [5.41, 5.74) is 0. The van der Waals surface area contributed by atoms with Crippen molar-refractivity contribution in [2.75, 3.05) is 6.61 Å². The van der Waals surface area contributed by atoms with Crippen LogP contribution >= 0.6 is 0 Å². The highest BCUT2D eigenvalue weighted by molar-refractivity contribution is 6.27. The van der Waals surface area contributed by atoms with E-state index in [-0.39, 0.29) is 0 Å². The molecule has 0 unspecified atom stereocenters. The minimum atomic E-state index is -4.33. The lowest BCUT2D eigenvalue weighted by Gasteiger charge is -2.06. The summed E-state index contributed by atoms with van der Waals surface area (Å²) >= 11 is 0. The first kappa shape index (κ1) is 11.7. The fourth-order valence-corrected chi connectivity index (χ4v) is 0.496. The van der Waals surface area contributed by atoms with Crippen LogP contribution in [-0.4, -0.2) is 24.7 Å². The van der Waals surface area contributed by atoms with Crippen molar-refractivity contribution in [1.29, 1.82) is 0 Å². The topological polar surface area (TPSA) is 66.4 Å². The molecule has 0 spiro atoms. The van der Waals surface area contributed by atoms with Gasteiger partial charge in [0, 0.05) is 6.42 Å². The lowest BCUT2D eigenvalue weighted by atomic mass is 10.3. The average Bonchev–Trinajstić information content (AvgIpc) is 1.95. The predicted molar refractivity (Wildman–Crippen MR) is 31.3 cm³/mol. The van der Waals surface area contributed by atoms with Crippen molar-refractivity contribution < 1.29 is 32.6 Å². The molecule has 0 fully saturated rings. The lowest BCUT2D eigenvalue weighted by molar-refractivity contribution is -0.303. The SMILES string of the molecule is O=C([O-])C(=O)OCCCC(F)(F)F. The Balaban J connectivity index is 3.47. The van der Waals surface area contributed by atoms with Crippen molar-refractivity contribution in [1.82, 2.24) is 0 Å². The molecule has 0 aliphatic rings. The molecule has 0 amide bonds. The number of carbonyl (C=O) groups is 2. The van der Waals surface area contributed by atoms with Gasteiger partial charge in [-0.25, -0.2) is 4.79 Å². The standard InChI is InChI=1S/C6H7F3O4/c7-6(8,9)2-1-3-13-5(12)4(10)11/h1-3H2,(H,10,11)/p-1. The molecular weight excluding hydrogens is 193 g/mol. The largest absolute Gasteiger partial charge is 0.539 e. The zero-order valence-electron chi connectivity index (χ0n) is 6.39. The lowest BCUT2D eigenvalue weighted by Crippen LogP contribution is -2.33. The number of esters is 1. The van der Waals surface area contributed by atoms with Gasteiger partial charge in [0.1, 0.15) is 0 Å². The van der Waals surface area contributed by atoms with Crippen LogP contribution < -0.4 is 5.11 Å². The first-order chi connectivity index (χ1) is 5.83. The molecule has 0 heterocycles. The zero-order valence-corrected chi connectivity index (χ0v) is 6.39. The van der Waals surface area contributed by atoms with Gasteiger partial charge in [-0.2, -0.15) is 13.2 Å². The van der Waals surface area contributed by atoms with Crippen LogP contribution in [0.3, 0.4) is 0 Å². The molecule has 0 bridgehead atoms. The van der Waals surface area contributed by atoms with E-state index in [1.54, 1.807) is 0 Å². The van der Waals surface area contributed by atoms with Crippen LogP contribution in [0.4, 0.5) is 13.2 Å². The highest BCUT2D eigenvalue weighted by Crippen LogP contribution is 2.20. The Bertz CT molecular complexity index is 199. The normalized spacial score (nSPS) is 11.0. The second-order valence-electron chi connectivity index (χ2n) is 2.14. The van der Waals surface area contributed by atoms with Crippen LogP contribution in [0.25, 0.3) is 0 Å². The Morgan fingerprint density at radius 3 is 2.23 bits per heavy atom. The maximum atomic E-state index is 11.5. The molecule has 0 N–H and O–H groups in total. The van der Waals surface area contributed by atoms with Crippen molar-refractivity contribution in [2.24, 2.45) is 0 Å². The number of alkyl halides is 3. The molecule has 0 saturated carbocycles. The van der Waals surface area contributed by atoms with Crippen LogP contribution in [-0.2, 0) is 14.3 Å². The predicted octanol–water partition coefficient (Wildman–Crippen LogP) is -0.378. The number of aliphatic carboxylic acids is 1. The summed E-state index contributed by atoms with van der Waals surface area (Å²) in [4.78, 5) is 19.8. The number of carbonyl (C=O) groups excluding carboxylic acids is 2. The Morgan fingerprint density at radius 2 is 1.85 bits per heavy atom. The third-order valence-corrected chi connectivity index (χ3v) is 1.00. The fraction of sp³-hybridized carbons (Fsp3) is 0.667. The number of carboxylic acid groups (broad SMARTS) is 1. The van der Waals surface area contributed by atoms with Crippen molar-refractivity contribution in [3.05, 3.63) is 0 Å². The molecular formula is C6H6F3O4-. The maximum absolute atomic E-state index is 11.5. The third kappa shape index (κ3) is 7.10. The summed E-state index contributed by atoms with van der Waals surface area (Å²) in [5, 5.41) is 9.68. The highest BCUT2D eigenvalue weighted by atomic mass is 19.4. The van der Waals surface area contributed by atoms with E-state index in [2.05, 4.69) is 4.74 Å². The quantitative estimate of drug-likeness (QED) is 0.353. The van der Waals surface area contributed by atoms with Crippen molar-refractivity contribution in [3.8, 4) is 0 Å². The number of halogens is 3. The second kappa shape index (κ2) is 4.68. The fourth-order valence-electron chi connectivity index (χ4n) is 0.496.